The number of ether oxygens (including phenoxy) is 2. The van der Waals surface area contributed by atoms with E-state index in [1.54, 1.807) is 48.5 Å². The maximum atomic E-state index is 14.0. The van der Waals surface area contributed by atoms with E-state index in [0.717, 1.165) is 18.2 Å². The van der Waals surface area contributed by atoms with Crippen LogP contribution in [0, 0.1) is 11.6 Å². The summed E-state index contributed by atoms with van der Waals surface area (Å²) in [4.78, 5) is 21.0. The average molecular weight is 537 g/mol. The number of carbonyl (C=O) groups excluding carboxylic acids is 1. The highest BCUT2D eigenvalue weighted by molar-refractivity contribution is 6.00. The molecular weight excluding hydrogens is 510 g/mol. The number of benzene rings is 3. The minimum absolute atomic E-state index is 0.0295. The number of carbonyl (C=O) groups is 1. The van der Waals surface area contributed by atoms with E-state index in [4.69, 9.17) is 20.1 Å². The van der Waals surface area contributed by atoms with Gasteiger partial charge in [-0.1, -0.05) is 29.4 Å². The lowest BCUT2D eigenvalue weighted by Crippen LogP contribution is -2.52. The highest BCUT2D eigenvalue weighted by Gasteiger charge is 2.45. The van der Waals surface area contributed by atoms with Gasteiger partial charge in [-0.15, -0.1) is 0 Å². The average Bonchev–Trinajstić information content (AvgIpc) is 3.37. The van der Waals surface area contributed by atoms with Crippen LogP contribution in [0.2, 0.25) is 0 Å². The first-order chi connectivity index (χ1) is 18.9. The molecule has 0 aliphatic carbocycles. The summed E-state index contributed by atoms with van der Waals surface area (Å²) >= 11 is 0. The smallest absolute Gasteiger partial charge is 0.266 e. The van der Waals surface area contributed by atoms with Crippen molar-refractivity contribution in [2.45, 2.75) is 24.9 Å². The molecule has 3 aromatic rings. The largest absolute Gasteiger partial charge is 0.494 e. The summed E-state index contributed by atoms with van der Waals surface area (Å²) in [6.07, 6.45) is 0.544. The van der Waals surface area contributed by atoms with Crippen LogP contribution in [0.3, 0.4) is 0 Å². The van der Waals surface area contributed by atoms with E-state index in [9.17, 15) is 13.6 Å². The highest BCUT2D eigenvalue weighted by atomic mass is 19.1. The van der Waals surface area contributed by atoms with Gasteiger partial charge in [0.05, 0.1) is 6.61 Å². The minimum atomic E-state index is -1.46. The zero-order chi connectivity index (χ0) is 27.7. The van der Waals surface area contributed by atoms with Crippen LogP contribution in [0.4, 0.5) is 14.5 Å². The minimum Gasteiger partial charge on any atom is -0.494 e. The summed E-state index contributed by atoms with van der Waals surface area (Å²) in [6.45, 7) is 0.106. The number of aliphatic imine (C=N–C) groups is 1. The Bertz CT molecular complexity index is 1400. The Morgan fingerprint density at radius 1 is 1.15 bits per heavy atom. The maximum Gasteiger partial charge on any atom is 0.266 e. The molecule has 0 radical (unpaired) electrons. The molecule has 1 heterocycles. The van der Waals surface area contributed by atoms with Crippen molar-refractivity contribution < 1.29 is 28.2 Å². The third-order valence-corrected chi connectivity index (χ3v) is 5.97. The lowest BCUT2D eigenvalue weighted by atomic mass is 9.91. The Balaban J connectivity index is 1.57. The fraction of sp³-hybridized carbons (Fsp3) is 0.259. The third-order valence-electron chi connectivity index (χ3n) is 5.97. The van der Waals surface area contributed by atoms with Crippen molar-refractivity contribution in [2.75, 3.05) is 19.8 Å². The van der Waals surface area contributed by atoms with Gasteiger partial charge in [-0.3, -0.25) is 10.2 Å². The Labute approximate surface area is 222 Å². The number of nitrogens with one attached hydrogen (secondary N) is 2. The Kier molecular flexibility index (Phi) is 9.06. The number of halogens is 2. The highest BCUT2D eigenvalue weighted by Crippen LogP contribution is 2.31. The fourth-order valence-corrected chi connectivity index (χ4v) is 3.97. The predicted octanol–water partition coefficient (Wildman–Crippen LogP) is 4.25. The van der Waals surface area contributed by atoms with Crippen molar-refractivity contribution in [2.24, 2.45) is 10.1 Å². The molecule has 39 heavy (non-hydrogen) atoms. The lowest BCUT2D eigenvalue weighted by Gasteiger charge is -2.24. The van der Waals surface area contributed by atoms with E-state index in [-0.39, 0.29) is 37.6 Å². The molecule has 1 amide bonds. The van der Waals surface area contributed by atoms with Gasteiger partial charge >= 0.3 is 0 Å². The quantitative estimate of drug-likeness (QED) is 0.104. The van der Waals surface area contributed by atoms with Crippen molar-refractivity contribution in [3.8, 4) is 5.75 Å². The van der Waals surface area contributed by atoms with Gasteiger partial charge in [0.25, 0.3) is 5.91 Å². The normalized spacial score (nSPS) is 16.1. The van der Waals surface area contributed by atoms with Crippen molar-refractivity contribution in [3.63, 3.8) is 0 Å². The molecule has 1 aliphatic rings. The number of nitrogens with zero attached hydrogens (tertiary/aromatic N) is 4. The summed E-state index contributed by atoms with van der Waals surface area (Å²) in [7, 11) is 0. The molecule has 0 unspecified atom stereocenters. The van der Waals surface area contributed by atoms with Gasteiger partial charge in [-0.25, -0.2) is 19.2 Å². The summed E-state index contributed by atoms with van der Waals surface area (Å²) < 4.78 is 38.9. The van der Waals surface area contributed by atoms with E-state index in [2.05, 4.69) is 25.9 Å². The third kappa shape index (κ3) is 6.88. The van der Waals surface area contributed by atoms with Crippen LogP contribution in [0.1, 0.15) is 23.1 Å². The summed E-state index contributed by atoms with van der Waals surface area (Å²) in [5.74, 6) is -0.969. The van der Waals surface area contributed by atoms with Gasteiger partial charge in [0.1, 0.15) is 24.0 Å². The summed E-state index contributed by atoms with van der Waals surface area (Å²) in [5, 5.41) is 12.6. The number of amides is 1. The van der Waals surface area contributed by atoms with Gasteiger partial charge < -0.3 is 14.6 Å². The van der Waals surface area contributed by atoms with E-state index < -0.39 is 23.1 Å². The zero-order valence-corrected chi connectivity index (χ0v) is 20.8. The first kappa shape index (κ1) is 27.5. The van der Waals surface area contributed by atoms with E-state index in [1.165, 1.54) is 0 Å². The van der Waals surface area contributed by atoms with E-state index in [0.29, 0.717) is 35.6 Å². The van der Waals surface area contributed by atoms with Gasteiger partial charge in [0.15, 0.2) is 5.54 Å². The number of rotatable bonds is 12. The first-order valence-corrected chi connectivity index (χ1v) is 12.1. The molecule has 12 heteroatoms. The van der Waals surface area contributed by atoms with Crippen LogP contribution in [-0.4, -0.2) is 42.3 Å². The molecule has 1 atom stereocenters. The van der Waals surface area contributed by atoms with Crippen LogP contribution in [0.15, 0.2) is 76.8 Å². The molecule has 1 aliphatic heterocycles. The first-order valence-electron chi connectivity index (χ1n) is 12.1. The molecular formula is C27H26F2N6O4. The predicted molar refractivity (Wildman–Crippen MR) is 139 cm³/mol. The number of azide groups is 1. The second-order valence-corrected chi connectivity index (χ2v) is 8.73. The summed E-state index contributed by atoms with van der Waals surface area (Å²) in [6, 6.07) is 16.8. The maximum absolute atomic E-state index is 14.0. The molecule has 10 nitrogen and oxygen atoms in total. The molecule has 4 rings (SSSR count). The molecule has 0 aromatic heterocycles. The Morgan fingerprint density at radius 3 is 2.72 bits per heavy atom. The second kappa shape index (κ2) is 12.8. The standard InChI is InChI=1S/C27H26F2N6O4/c28-21-8-11-23(29)20(14-21)16-31-34-26(37)27(15-19-4-1-2-5-24(19)33-35-30)17-39-25(32-27)18-6-9-22(10-7-18)38-13-3-12-36/h1-2,4-11,14,31,36H,3,12-13,15-17H2,(H,34,37)/t27-/m0/s1. The SMILES string of the molecule is [N-]=[N+]=Nc1ccccc1C[C@@]1(C(=O)NNCc2cc(F)ccc2F)COC(c2ccc(OCCCO)cc2)=N1. The van der Waals surface area contributed by atoms with Crippen molar-refractivity contribution in [3.05, 3.63) is 105 Å². The molecule has 3 N–H and O–H groups in total. The molecule has 0 bridgehead atoms. The van der Waals surface area contributed by atoms with Gasteiger partial charge in [0.2, 0.25) is 5.90 Å². The molecule has 3 aromatic carbocycles. The van der Waals surface area contributed by atoms with Gasteiger partial charge in [-0.2, -0.15) is 0 Å². The number of aliphatic hydroxyl groups is 1. The van der Waals surface area contributed by atoms with Gasteiger partial charge in [0, 0.05) is 47.7 Å². The zero-order valence-electron chi connectivity index (χ0n) is 20.8. The Morgan fingerprint density at radius 2 is 1.95 bits per heavy atom. The topological polar surface area (TPSA) is 141 Å². The molecule has 202 valence electrons. The number of hydrogen-bond donors (Lipinski definition) is 3. The Hall–Kier alpha value is -4.51. The van der Waals surface area contributed by atoms with E-state index >= 15 is 0 Å². The molecule has 0 fully saturated rings. The fourth-order valence-electron chi connectivity index (χ4n) is 3.97. The summed E-state index contributed by atoms with van der Waals surface area (Å²) in [5.41, 5.74) is 14.2. The van der Waals surface area contributed by atoms with Crippen LogP contribution in [0.5, 0.6) is 5.75 Å². The van der Waals surface area contributed by atoms with Crippen molar-refractivity contribution in [1.82, 2.24) is 10.9 Å². The van der Waals surface area contributed by atoms with Crippen LogP contribution >= 0.6 is 0 Å². The molecule has 0 spiro atoms. The monoisotopic (exact) mass is 536 g/mol. The lowest BCUT2D eigenvalue weighted by molar-refractivity contribution is -0.127. The van der Waals surface area contributed by atoms with Crippen molar-refractivity contribution >= 4 is 17.5 Å². The van der Waals surface area contributed by atoms with Crippen LogP contribution in [0.25, 0.3) is 10.4 Å². The molecule has 0 saturated carbocycles. The molecule has 0 saturated heterocycles. The number of hydrazine groups is 1. The van der Waals surface area contributed by atoms with Gasteiger partial charge in [-0.05, 0) is 53.6 Å². The number of hydrogen-bond acceptors (Lipinski definition) is 7. The second-order valence-electron chi connectivity index (χ2n) is 8.73. The number of aliphatic hydroxyl groups excluding tert-OH is 1. The van der Waals surface area contributed by atoms with Crippen molar-refractivity contribution in [1.29, 1.82) is 0 Å². The van der Waals surface area contributed by atoms with E-state index in [1.807, 2.05) is 0 Å². The van der Waals surface area contributed by atoms with Crippen LogP contribution in [-0.2, 0) is 22.5 Å². The van der Waals surface area contributed by atoms with Crippen LogP contribution < -0.4 is 15.6 Å².